The van der Waals surface area contributed by atoms with Gasteiger partial charge in [-0.2, -0.15) is 0 Å². The van der Waals surface area contributed by atoms with Crippen LogP contribution < -0.4 is 10.6 Å². The molecule has 1 heterocycles. The number of carbonyl (C=O) groups is 2. The number of nitrogens with zero attached hydrogens (tertiary/aromatic N) is 1. The van der Waals surface area contributed by atoms with E-state index in [-0.39, 0.29) is 23.2 Å². The van der Waals surface area contributed by atoms with E-state index in [2.05, 4.69) is 15.6 Å². The Hall–Kier alpha value is -3.47. The summed E-state index contributed by atoms with van der Waals surface area (Å²) >= 11 is 0. The van der Waals surface area contributed by atoms with E-state index in [0.29, 0.717) is 6.54 Å². The lowest BCUT2D eigenvalue weighted by Gasteiger charge is -2.10. The van der Waals surface area contributed by atoms with Crippen LogP contribution in [0.15, 0.2) is 60.7 Å². The van der Waals surface area contributed by atoms with Crippen LogP contribution >= 0.6 is 0 Å². The second kappa shape index (κ2) is 8.48. The lowest BCUT2D eigenvalue weighted by molar-refractivity contribution is 0.0945. The van der Waals surface area contributed by atoms with Crippen molar-refractivity contribution in [3.63, 3.8) is 0 Å². The number of hydrogen-bond acceptors (Lipinski definition) is 3. The summed E-state index contributed by atoms with van der Waals surface area (Å²) in [5, 5.41) is 5.68. The molecular weight excluding hydrogens is 350 g/mol. The molecule has 0 spiro atoms. The molecule has 3 aromatic rings. The number of aryl methyl sites for hydroxylation is 3. The van der Waals surface area contributed by atoms with Crippen molar-refractivity contribution < 1.29 is 9.59 Å². The first-order valence-corrected chi connectivity index (χ1v) is 9.12. The molecular formula is C23H23N3O2. The molecule has 0 unspecified atom stereocenters. The molecule has 2 amide bonds. The molecule has 0 bridgehead atoms. The van der Waals surface area contributed by atoms with Crippen LogP contribution in [0, 0.1) is 20.8 Å². The van der Waals surface area contributed by atoms with E-state index in [4.69, 9.17) is 0 Å². The van der Waals surface area contributed by atoms with Gasteiger partial charge in [0.1, 0.15) is 11.4 Å². The number of amides is 2. The maximum Gasteiger partial charge on any atom is 0.274 e. The van der Waals surface area contributed by atoms with Crippen LogP contribution in [0.5, 0.6) is 0 Å². The molecule has 2 aromatic carbocycles. The molecule has 0 fully saturated rings. The predicted octanol–water partition coefficient (Wildman–Crippen LogP) is 4.19. The summed E-state index contributed by atoms with van der Waals surface area (Å²) in [6.45, 7) is 6.35. The van der Waals surface area contributed by atoms with Gasteiger partial charge in [-0.3, -0.25) is 9.59 Å². The Morgan fingerprint density at radius 1 is 0.821 bits per heavy atom. The van der Waals surface area contributed by atoms with E-state index >= 15 is 0 Å². The van der Waals surface area contributed by atoms with Crippen molar-refractivity contribution in [2.75, 3.05) is 5.32 Å². The Bertz CT molecular complexity index is 1010. The smallest absolute Gasteiger partial charge is 0.274 e. The van der Waals surface area contributed by atoms with Crippen molar-refractivity contribution >= 4 is 17.5 Å². The van der Waals surface area contributed by atoms with E-state index in [0.717, 1.165) is 22.4 Å². The third-order valence-corrected chi connectivity index (χ3v) is 4.42. The summed E-state index contributed by atoms with van der Waals surface area (Å²) in [6, 6.07) is 18.6. The predicted molar refractivity (Wildman–Crippen MR) is 110 cm³/mol. The number of aromatic nitrogens is 1. The summed E-state index contributed by atoms with van der Waals surface area (Å²) in [5.74, 6) is -0.665. The fraction of sp³-hybridized carbons (Fsp3) is 0.174. The molecule has 5 heteroatoms. The van der Waals surface area contributed by atoms with Gasteiger partial charge < -0.3 is 10.6 Å². The Morgan fingerprint density at radius 3 is 2.14 bits per heavy atom. The average Bonchev–Trinajstić information content (AvgIpc) is 2.69. The quantitative estimate of drug-likeness (QED) is 0.704. The molecule has 0 aliphatic carbocycles. The number of nitrogens with one attached hydrogen (secondary N) is 2. The molecule has 0 saturated heterocycles. The van der Waals surface area contributed by atoms with Crippen molar-refractivity contribution in [2.24, 2.45) is 0 Å². The monoisotopic (exact) mass is 373 g/mol. The van der Waals surface area contributed by atoms with Crippen molar-refractivity contribution in [2.45, 2.75) is 27.3 Å². The van der Waals surface area contributed by atoms with Crippen molar-refractivity contribution in [1.29, 1.82) is 0 Å². The van der Waals surface area contributed by atoms with Crippen LogP contribution in [0.4, 0.5) is 5.69 Å². The van der Waals surface area contributed by atoms with E-state index in [9.17, 15) is 9.59 Å². The Morgan fingerprint density at radius 2 is 1.46 bits per heavy atom. The van der Waals surface area contributed by atoms with Crippen LogP contribution in [0.3, 0.4) is 0 Å². The molecule has 142 valence electrons. The molecule has 2 N–H and O–H groups in total. The maximum absolute atomic E-state index is 12.5. The Kier molecular flexibility index (Phi) is 5.84. The topological polar surface area (TPSA) is 71.1 Å². The molecule has 0 atom stereocenters. The molecule has 0 aliphatic heterocycles. The highest BCUT2D eigenvalue weighted by molar-refractivity contribution is 6.04. The summed E-state index contributed by atoms with van der Waals surface area (Å²) < 4.78 is 0. The van der Waals surface area contributed by atoms with Gasteiger partial charge in [-0.1, -0.05) is 53.6 Å². The first kappa shape index (κ1) is 19.3. The summed E-state index contributed by atoms with van der Waals surface area (Å²) in [7, 11) is 0. The lowest BCUT2D eigenvalue weighted by Crippen LogP contribution is -2.25. The first-order chi connectivity index (χ1) is 13.4. The fourth-order valence-corrected chi connectivity index (χ4v) is 2.81. The summed E-state index contributed by atoms with van der Waals surface area (Å²) in [6.07, 6.45) is 0. The summed E-state index contributed by atoms with van der Waals surface area (Å²) in [4.78, 5) is 29.2. The van der Waals surface area contributed by atoms with Crippen LogP contribution in [0.2, 0.25) is 0 Å². The largest absolute Gasteiger partial charge is 0.347 e. The molecule has 0 saturated carbocycles. The number of rotatable bonds is 5. The molecule has 28 heavy (non-hydrogen) atoms. The minimum atomic E-state index is -0.347. The highest BCUT2D eigenvalue weighted by atomic mass is 16.2. The number of hydrogen-bond donors (Lipinski definition) is 2. The highest BCUT2D eigenvalue weighted by Crippen LogP contribution is 2.17. The van der Waals surface area contributed by atoms with Crippen molar-refractivity contribution in [3.8, 4) is 0 Å². The van der Waals surface area contributed by atoms with Gasteiger partial charge in [-0.25, -0.2) is 4.98 Å². The van der Waals surface area contributed by atoms with Crippen LogP contribution in [0.25, 0.3) is 0 Å². The standard InChI is InChI=1S/C23H23N3O2/c1-15-7-10-18(11-8-15)14-24-22(27)20-5-4-6-21(25-20)23(28)26-19-12-9-16(2)13-17(19)3/h4-13H,14H2,1-3H3,(H,24,27)(H,26,28). The van der Waals surface area contributed by atoms with Gasteiger partial charge in [0.15, 0.2) is 0 Å². The zero-order valence-electron chi connectivity index (χ0n) is 16.2. The molecule has 1 aromatic heterocycles. The maximum atomic E-state index is 12.5. The van der Waals surface area contributed by atoms with Gasteiger partial charge in [0.25, 0.3) is 11.8 Å². The number of benzene rings is 2. The Labute approximate surface area is 164 Å². The minimum Gasteiger partial charge on any atom is -0.347 e. The zero-order valence-corrected chi connectivity index (χ0v) is 16.2. The molecule has 3 rings (SSSR count). The van der Waals surface area contributed by atoms with Gasteiger partial charge in [-0.05, 0) is 50.1 Å². The third kappa shape index (κ3) is 4.82. The second-order valence-corrected chi connectivity index (χ2v) is 6.85. The van der Waals surface area contributed by atoms with Crippen LogP contribution in [-0.2, 0) is 6.54 Å². The van der Waals surface area contributed by atoms with E-state index < -0.39 is 0 Å². The average molecular weight is 373 g/mol. The zero-order chi connectivity index (χ0) is 20.1. The summed E-state index contributed by atoms with van der Waals surface area (Å²) in [5.41, 5.74) is 5.40. The van der Waals surface area contributed by atoms with Crippen molar-refractivity contribution in [3.05, 3.63) is 94.3 Å². The van der Waals surface area contributed by atoms with Crippen LogP contribution in [0.1, 0.15) is 43.2 Å². The highest BCUT2D eigenvalue weighted by Gasteiger charge is 2.13. The number of anilines is 1. The van der Waals surface area contributed by atoms with Gasteiger partial charge in [0.05, 0.1) is 0 Å². The third-order valence-electron chi connectivity index (χ3n) is 4.42. The lowest BCUT2D eigenvalue weighted by atomic mass is 10.1. The SMILES string of the molecule is Cc1ccc(CNC(=O)c2cccc(C(=O)Nc3ccc(C)cc3C)n2)cc1. The minimum absolute atomic E-state index is 0.197. The van der Waals surface area contributed by atoms with Gasteiger partial charge in [0.2, 0.25) is 0 Å². The molecule has 0 aliphatic rings. The normalized spacial score (nSPS) is 10.4. The molecule has 5 nitrogen and oxygen atoms in total. The number of carbonyl (C=O) groups excluding carboxylic acids is 2. The van der Waals surface area contributed by atoms with Crippen LogP contribution in [-0.4, -0.2) is 16.8 Å². The van der Waals surface area contributed by atoms with E-state index in [1.54, 1.807) is 18.2 Å². The number of pyridine rings is 1. The first-order valence-electron chi connectivity index (χ1n) is 9.12. The second-order valence-electron chi connectivity index (χ2n) is 6.85. The Balaban J connectivity index is 1.67. The fourth-order valence-electron chi connectivity index (χ4n) is 2.81. The van der Waals surface area contributed by atoms with E-state index in [1.165, 1.54) is 5.56 Å². The van der Waals surface area contributed by atoms with Gasteiger partial charge in [0, 0.05) is 12.2 Å². The molecule has 0 radical (unpaired) electrons. The van der Waals surface area contributed by atoms with Crippen molar-refractivity contribution in [1.82, 2.24) is 10.3 Å². The van der Waals surface area contributed by atoms with Gasteiger partial charge in [-0.15, -0.1) is 0 Å². The van der Waals surface area contributed by atoms with Gasteiger partial charge >= 0.3 is 0 Å². The van der Waals surface area contributed by atoms with E-state index in [1.807, 2.05) is 63.2 Å².